The molecule has 0 bridgehead atoms. The fraction of sp³-hybridized carbons (Fsp3) is 0.417. The number of hydrogen-bond acceptors (Lipinski definition) is 2. The quantitative estimate of drug-likeness (QED) is 0.874. The van der Waals surface area contributed by atoms with Gasteiger partial charge in [0.05, 0.1) is 0 Å². The van der Waals surface area contributed by atoms with E-state index in [1.54, 1.807) is 0 Å². The van der Waals surface area contributed by atoms with Gasteiger partial charge in [-0.25, -0.2) is 0 Å². The lowest BCUT2D eigenvalue weighted by molar-refractivity contribution is -0.120. The number of rotatable bonds is 5. The second-order valence-corrected chi connectivity index (χ2v) is 4.97. The standard InChI is InChI=1S/C12H16BrClN2O/c1-3-15-12(17)4-5-16-11-7-10(14)8(2)6-9(11)13/h6-7,16H,3-5H2,1-2H3,(H,15,17). The molecule has 2 N–H and O–H groups in total. The average molecular weight is 320 g/mol. The molecule has 0 atom stereocenters. The summed E-state index contributed by atoms with van der Waals surface area (Å²) in [5, 5.41) is 6.64. The van der Waals surface area contributed by atoms with Gasteiger partial charge in [0.15, 0.2) is 0 Å². The number of aryl methyl sites for hydroxylation is 1. The van der Waals surface area contributed by atoms with E-state index >= 15 is 0 Å². The Hall–Kier alpha value is -0.740. The topological polar surface area (TPSA) is 41.1 Å². The molecule has 3 nitrogen and oxygen atoms in total. The van der Waals surface area contributed by atoms with Crippen molar-refractivity contribution in [3.05, 3.63) is 27.2 Å². The third-order valence-electron chi connectivity index (χ3n) is 2.29. The zero-order valence-corrected chi connectivity index (χ0v) is 12.3. The van der Waals surface area contributed by atoms with Gasteiger partial charge in [-0.15, -0.1) is 0 Å². The lowest BCUT2D eigenvalue weighted by Crippen LogP contribution is -2.24. The summed E-state index contributed by atoms with van der Waals surface area (Å²) in [4.78, 5) is 11.3. The molecule has 17 heavy (non-hydrogen) atoms. The van der Waals surface area contributed by atoms with E-state index < -0.39 is 0 Å². The fourth-order valence-electron chi connectivity index (χ4n) is 1.38. The maximum atomic E-state index is 11.3. The van der Waals surface area contributed by atoms with E-state index in [2.05, 4.69) is 26.6 Å². The van der Waals surface area contributed by atoms with Crippen LogP contribution in [0.5, 0.6) is 0 Å². The van der Waals surface area contributed by atoms with Crippen molar-refractivity contribution in [2.75, 3.05) is 18.4 Å². The van der Waals surface area contributed by atoms with Crippen LogP contribution in [0.2, 0.25) is 5.02 Å². The Morgan fingerprint density at radius 1 is 1.47 bits per heavy atom. The smallest absolute Gasteiger partial charge is 0.221 e. The number of amides is 1. The highest BCUT2D eigenvalue weighted by Crippen LogP contribution is 2.28. The average Bonchev–Trinajstić information content (AvgIpc) is 2.26. The van der Waals surface area contributed by atoms with Crippen molar-refractivity contribution in [2.45, 2.75) is 20.3 Å². The minimum atomic E-state index is 0.0503. The van der Waals surface area contributed by atoms with E-state index in [9.17, 15) is 4.79 Å². The maximum Gasteiger partial charge on any atom is 0.221 e. The van der Waals surface area contributed by atoms with Crippen molar-refractivity contribution in [2.24, 2.45) is 0 Å². The predicted octanol–water partition coefficient (Wildman–Crippen LogP) is 3.35. The highest BCUT2D eigenvalue weighted by atomic mass is 79.9. The van der Waals surface area contributed by atoms with Crippen LogP contribution in [0.3, 0.4) is 0 Å². The van der Waals surface area contributed by atoms with Gasteiger partial charge in [0.2, 0.25) is 5.91 Å². The Balaban J connectivity index is 2.52. The van der Waals surface area contributed by atoms with Crippen molar-refractivity contribution in [1.82, 2.24) is 5.32 Å². The van der Waals surface area contributed by atoms with Crippen LogP contribution in [0, 0.1) is 6.92 Å². The Kier molecular flexibility index (Phi) is 5.78. The molecule has 0 aromatic heterocycles. The molecule has 1 aromatic carbocycles. The number of anilines is 1. The number of nitrogens with one attached hydrogen (secondary N) is 2. The second kappa shape index (κ2) is 6.87. The Morgan fingerprint density at radius 2 is 2.18 bits per heavy atom. The molecule has 0 saturated heterocycles. The number of hydrogen-bond donors (Lipinski definition) is 2. The first-order valence-electron chi connectivity index (χ1n) is 5.50. The largest absolute Gasteiger partial charge is 0.384 e. The predicted molar refractivity (Wildman–Crippen MR) is 75.7 cm³/mol. The van der Waals surface area contributed by atoms with Crippen LogP contribution in [0.25, 0.3) is 0 Å². The summed E-state index contributed by atoms with van der Waals surface area (Å²) in [7, 11) is 0. The monoisotopic (exact) mass is 318 g/mol. The first-order valence-corrected chi connectivity index (χ1v) is 6.68. The number of halogens is 2. The molecule has 0 saturated carbocycles. The highest BCUT2D eigenvalue weighted by Gasteiger charge is 2.05. The first kappa shape index (κ1) is 14.3. The fourth-order valence-corrected chi connectivity index (χ4v) is 2.14. The molecule has 0 unspecified atom stereocenters. The van der Waals surface area contributed by atoms with Gasteiger partial charge >= 0.3 is 0 Å². The van der Waals surface area contributed by atoms with Crippen LogP contribution >= 0.6 is 27.5 Å². The summed E-state index contributed by atoms with van der Waals surface area (Å²) in [6, 6.07) is 3.81. The van der Waals surface area contributed by atoms with Crippen LogP contribution in [-0.2, 0) is 4.79 Å². The van der Waals surface area contributed by atoms with E-state index in [-0.39, 0.29) is 5.91 Å². The van der Waals surface area contributed by atoms with Crippen molar-refractivity contribution in [3.8, 4) is 0 Å². The molecule has 1 amide bonds. The molecule has 0 spiro atoms. The van der Waals surface area contributed by atoms with Gasteiger partial charge in [-0.3, -0.25) is 4.79 Å². The molecule has 1 aromatic rings. The molecule has 0 aliphatic rings. The zero-order valence-electron chi connectivity index (χ0n) is 9.94. The summed E-state index contributed by atoms with van der Waals surface area (Å²) in [6.07, 6.45) is 0.450. The van der Waals surface area contributed by atoms with E-state index in [0.717, 1.165) is 15.7 Å². The van der Waals surface area contributed by atoms with Gasteiger partial charge in [-0.2, -0.15) is 0 Å². The van der Waals surface area contributed by atoms with E-state index in [1.807, 2.05) is 26.0 Å². The molecular formula is C12H16BrClN2O. The summed E-state index contributed by atoms with van der Waals surface area (Å²) >= 11 is 9.49. The molecule has 5 heteroatoms. The minimum absolute atomic E-state index is 0.0503. The normalized spacial score (nSPS) is 10.1. The third kappa shape index (κ3) is 4.56. The summed E-state index contributed by atoms with van der Waals surface area (Å²) < 4.78 is 0.954. The van der Waals surface area contributed by atoms with Crippen molar-refractivity contribution in [3.63, 3.8) is 0 Å². The first-order chi connectivity index (χ1) is 8.04. The summed E-state index contributed by atoms with van der Waals surface area (Å²) in [5.41, 5.74) is 1.93. The van der Waals surface area contributed by atoms with Crippen molar-refractivity contribution >= 4 is 39.1 Å². The van der Waals surface area contributed by atoms with Crippen molar-refractivity contribution < 1.29 is 4.79 Å². The highest BCUT2D eigenvalue weighted by molar-refractivity contribution is 9.10. The molecular weight excluding hydrogens is 304 g/mol. The van der Waals surface area contributed by atoms with Gasteiger partial charge in [-0.05, 0) is 47.5 Å². The van der Waals surface area contributed by atoms with Gasteiger partial charge in [0.25, 0.3) is 0 Å². The van der Waals surface area contributed by atoms with Crippen molar-refractivity contribution in [1.29, 1.82) is 0 Å². The number of carbonyl (C=O) groups is 1. The zero-order chi connectivity index (χ0) is 12.8. The molecule has 94 valence electrons. The lowest BCUT2D eigenvalue weighted by atomic mass is 10.2. The molecule has 0 aliphatic carbocycles. The van der Waals surface area contributed by atoms with E-state index in [4.69, 9.17) is 11.6 Å². The molecule has 0 fully saturated rings. The molecule has 0 radical (unpaired) electrons. The minimum Gasteiger partial charge on any atom is -0.384 e. The Morgan fingerprint density at radius 3 is 2.82 bits per heavy atom. The second-order valence-electron chi connectivity index (χ2n) is 3.71. The Labute approximate surface area is 115 Å². The molecule has 0 heterocycles. The maximum absolute atomic E-state index is 11.3. The van der Waals surface area contributed by atoms with Gasteiger partial charge < -0.3 is 10.6 Å². The van der Waals surface area contributed by atoms with Crippen LogP contribution < -0.4 is 10.6 Å². The Bertz CT molecular complexity index is 410. The van der Waals surface area contributed by atoms with Gasteiger partial charge in [0, 0.05) is 34.7 Å². The SMILES string of the molecule is CCNC(=O)CCNc1cc(Cl)c(C)cc1Br. The van der Waals surface area contributed by atoms with Crippen LogP contribution in [-0.4, -0.2) is 19.0 Å². The number of benzene rings is 1. The molecule has 0 aliphatic heterocycles. The van der Waals surface area contributed by atoms with Gasteiger partial charge in [-0.1, -0.05) is 11.6 Å². The molecule has 1 rings (SSSR count). The van der Waals surface area contributed by atoms with Crippen LogP contribution in [0.4, 0.5) is 5.69 Å². The number of carbonyl (C=O) groups excluding carboxylic acids is 1. The van der Waals surface area contributed by atoms with Crippen LogP contribution in [0.15, 0.2) is 16.6 Å². The summed E-state index contributed by atoms with van der Waals surface area (Å²) in [5.74, 6) is 0.0503. The van der Waals surface area contributed by atoms with Crippen LogP contribution in [0.1, 0.15) is 18.9 Å². The van der Waals surface area contributed by atoms with E-state index in [0.29, 0.717) is 24.5 Å². The lowest BCUT2D eigenvalue weighted by Gasteiger charge is -2.10. The van der Waals surface area contributed by atoms with E-state index in [1.165, 1.54) is 0 Å². The third-order valence-corrected chi connectivity index (χ3v) is 3.35. The summed E-state index contributed by atoms with van der Waals surface area (Å²) in [6.45, 7) is 5.11. The van der Waals surface area contributed by atoms with Gasteiger partial charge in [0.1, 0.15) is 0 Å².